The minimum Gasteiger partial charge on any atom is -0.396 e. The molecule has 5 heteroatoms. The van der Waals surface area contributed by atoms with Gasteiger partial charge in [-0.15, -0.1) is 0 Å². The van der Waals surface area contributed by atoms with Gasteiger partial charge in [0.05, 0.1) is 17.1 Å². The molecule has 1 amide bonds. The lowest BCUT2D eigenvalue weighted by Crippen LogP contribution is -2.21. The van der Waals surface area contributed by atoms with Gasteiger partial charge in [-0.3, -0.25) is 9.48 Å². The Morgan fingerprint density at radius 2 is 1.76 bits per heavy atom. The van der Waals surface area contributed by atoms with Crippen molar-refractivity contribution in [3.05, 3.63) is 40.2 Å². The average Bonchev–Trinajstić information content (AvgIpc) is 2.61. The first kappa shape index (κ1) is 15.1. The monoisotopic (exact) mass is 286 g/mol. The highest BCUT2D eigenvalue weighted by molar-refractivity contribution is 5.92. The number of nitrogen functional groups attached to an aromatic ring is 1. The van der Waals surface area contributed by atoms with Crippen molar-refractivity contribution in [2.24, 2.45) is 0 Å². The van der Waals surface area contributed by atoms with Crippen molar-refractivity contribution in [3.8, 4) is 0 Å². The third kappa shape index (κ3) is 3.07. The number of nitrogens with zero attached hydrogens (tertiary/aromatic N) is 2. The van der Waals surface area contributed by atoms with Gasteiger partial charge in [-0.1, -0.05) is 17.7 Å². The number of nitrogens with two attached hydrogens (primary N) is 1. The van der Waals surface area contributed by atoms with E-state index >= 15 is 0 Å². The van der Waals surface area contributed by atoms with Crippen molar-refractivity contribution in [2.45, 2.75) is 41.2 Å². The molecule has 0 bridgehead atoms. The molecule has 0 aliphatic heterocycles. The molecule has 0 aliphatic rings. The fourth-order valence-corrected chi connectivity index (χ4v) is 2.56. The van der Waals surface area contributed by atoms with Gasteiger partial charge in [0.1, 0.15) is 6.54 Å². The third-order valence-electron chi connectivity index (χ3n) is 3.67. The number of carbonyl (C=O) groups excluding carboxylic acids is 1. The summed E-state index contributed by atoms with van der Waals surface area (Å²) in [7, 11) is 0. The summed E-state index contributed by atoms with van der Waals surface area (Å²) in [6.07, 6.45) is 0. The summed E-state index contributed by atoms with van der Waals surface area (Å²) in [6, 6.07) is 4.12. The van der Waals surface area contributed by atoms with E-state index in [1.807, 2.05) is 34.6 Å². The van der Waals surface area contributed by atoms with Crippen LogP contribution in [0.25, 0.3) is 0 Å². The van der Waals surface area contributed by atoms with Crippen molar-refractivity contribution >= 4 is 17.3 Å². The van der Waals surface area contributed by atoms with Crippen LogP contribution in [0, 0.1) is 34.6 Å². The van der Waals surface area contributed by atoms with Crippen LogP contribution in [0.1, 0.15) is 28.1 Å². The maximum Gasteiger partial charge on any atom is 0.246 e. The summed E-state index contributed by atoms with van der Waals surface area (Å²) in [6.45, 7) is 9.91. The number of hydrogen-bond acceptors (Lipinski definition) is 3. The molecule has 21 heavy (non-hydrogen) atoms. The number of nitrogens with one attached hydrogen (secondary N) is 1. The molecule has 0 saturated carbocycles. The van der Waals surface area contributed by atoms with Gasteiger partial charge >= 0.3 is 0 Å². The zero-order chi connectivity index (χ0) is 15.7. The lowest BCUT2D eigenvalue weighted by atomic mass is 10.1. The predicted octanol–water partition coefficient (Wildman–Crippen LogP) is 2.65. The van der Waals surface area contributed by atoms with Crippen LogP contribution in [0.5, 0.6) is 0 Å². The van der Waals surface area contributed by atoms with E-state index < -0.39 is 0 Å². The maximum absolute atomic E-state index is 12.2. The molecule has 2 aromatic rings. The normalized spacial score (nSPS) is 10.7. The van der Waals surface area contributed by atoms with Crippen molar-refractivity contribution in [3.63, 3.8) is 0 Å². The number of carbonyl (C=O) groups is 1. The summed E-state index contributed by atoms with van der Waals surface area (Å²) < 4.78 is 1.64. The first-order valence-electron chi connectivity index (χ1n) is 6.96. The fraction of sp³-hybridized carbons (Fsp3) is 0.375. The molecular formula is C16H22N4O. The van der Waals surface area contributed by atoms with E-state index in [0.29, 0.717) is 5.69 Å². The van der Waals surface area contributed by atoms with Crippen molar-refractivity contribution < 1.29 is 4.79 Å². The minimum atomic E-state index is -0.101. The fourth-order valence-electron chi connectivity index (χ4n) is 2.56. The van der Waals surface area contributed by atoms with E-state index in [2.05, 4.69) is 22.5 Å². The van der Waals surface area contributed by atoms with E-state index in [-0.39, 0.29) is 12.5 Å². The molecule has 3 N–H and O–H groups in total. The van der Waals surface area contributed by atoms with Gasteiger partial charge in [0.2, 0.25) is 5.91 Å². The summed E-state index contributed by atoms with van der Waals surface area (Å²) in [4.78, 5) is 12.2. The molecular weight excluding hydrogens is 264 g/mol. The van der Waals surface area contributed by atoms with E-state index in [9.17, 15) is 4.79 Å². The zero-order valence-electron chi connectivity index (χ0n) is 13.2. The molecule has 0 aliphatic carbocycles. The first-order chi connectivity index (χ1) is 9.79. The molecule has 0 saturated heterocycles. The summed E-state index contributed by atoms with van der Waals surface area (Å²) in [5.41, 5.74) is 12.3. The molecule has 0 radical (unpaired) electrons. The van der Waals surface area contributed by atoms with Crippen LogP contribution in [-0.2, 0) is 11.3 Å². The summed E-state index contributed by atoms with van der Waals surface area (Å²) in [5.74, 6) is -0.101. The molecule has 0 fully saturated rings. The second-order valence-electron chi connectivity index (χ2n) is 5.56. The standard InChI is InChI=1S/C16H22N4O/c1-9-6-10(2)16(11(3)7-9)18-14(21)8-20-13(5)15(17)12(4)19-20/h6-7H,8,17H2,1-5H3,(H,18,21). The average molecular weight is 286 g/mol. The van der Waals surface area contributed by atoms with E-state index in [1.165, 1.54) is 5.56 Å². The van der Waals surface area contributed by atoms with Crippen LogP contribution in [0.15, 0.2) is 12.1 Å². The Labute approximate surface area is 125 Å². The Bertz CT molecular complexity index is 678. The topological polar surface area (TPSA) is 72.9 Å². The van der Waals surface area contributed by atoms with Crippen LogP contribution < -0.4 is 11.1 Å². The number of amides is 1. The summed E-state index contributed by atoms with van der Waals surface area (Å²) in [5, 5.41) is 7.25. The number of aromatic nitrogens is 2. The van der Waals surface area contributed by atoms with Gasteiger partial charge in [0, 0.05) is 5.69 Å². The highest BCUT2D eigenvalue weighted by Gasteiger charge is 2.13. The second-order valence-corrected chi connectivity index (χ2v) is 5.56. The number of hydrogen-bond donors (Lipinski definition) is 2. The quantitative estimate of drug-likeness (QED) is 0.911. The van der Waals surface area contributed by atoms with Crippen LogP contribution in [0.3, 0.4) is 0 Å². The SMILES string of the molecule is Cc1cc(C)c(NC(=O)Cn2nc(C)c(N)c2C)c(C)c1. The van der Waals surface area contributed by atoms with E-state index in [0.717, 1.165) is 28.2 Å². The van der Waals surface area contributed by atoms with Gasteiger partial charge in [0.15, 0.2) is 0 Å². The van der Waals surface area contributed by atoms with Crippen LogP contribution in [0.2, 0.25) is 0 Å². The molecule has 1 heterocycles. The Kier molecular flexibility index (Phi) is 4.02. The van der Waals surface area contributed by atoms with Gasteiger partial charge in [-0.25, -0.2) is 0 Å². The summed E-state index contributed by atoms with van der Waals surface area (Å²) >= 11 is 0. The maximum atomic E-state index is 12.2. The van der Waals surface area contributed by atoms with Crippen LogP contribution in [0.4, 0.5) is 11.4 Å². The molecule has 0 atom stereocenters. The van der Waals surface area contributed by atoms with Crippen molar-refractivity contribution in [1.29, 1.82) is 0 Å². The number of benzene rings is 1. The Morgan fingerprint density at radius 3 is 2.24 bits per heavy atom. The predicted molar refractivity (Wildman–Crippen MR) is 85.4 cm³/mol. The van der Waals surface area contributed by atoms with Gasteiger partial charge in [-0.2, -0.15) is 5.10 Å². The highest BCUT2D eigenvalue weighted by Crippen LogP contribution is 2.22. The van der Waals surface area contributed by atoms with Crippen molar-refractivity contribution in [1.82, 2.24) is 9.78 Å². The van der Waals surface area contributed by atoms with E-state index in [4.69, 9.17) is 5.73 Å². The Morgan fingerprint density at radius 1 is 1.19 bits per heavy atom. The largest absolute Gasteiger partial charge is 0.396 e. The lowest BCUT2D eigenvalue weighted by molar-refractivity contribution is -0.116. The highest BCUT2D eigenvalue weighted by atomic mass is 16.2. The molecule has 112 valence electrons. The van der Waals surface area contributed by atoms with Crippen LogP contribution >= 0.6 is 0 Å². The number of aryl methyl sites for hydroxylation is 4. The second kappa shape index (κ2) is 5.60. The Hall–Kier alpha value is -2.30. The molecule has 1 aromatic carbocycles. The first-order valence-corrected chi connectivity index (χ1v) is 6.96. The lowest BCUT2D eigenvalue weighted by Gasteiger charge is -2.13. The minimum absolute atomic E-state index is 0.101. The van der Waals surface area contributed by atoms with Gasteiger partial charge in [-0.05, 0) is 45.7 Å². The number of anilines is 2. The van der Waals surface area contributed by atoms with Crippen molar-refractivity contribution in [2.75, 3.05) is 11.1 Å². The number of rotatable bonds is 3. The van der Waals surface area contributed by atoms with Gasteiger partial charge < -0.3 is 11.1 Å². The smallest absolute Gasteiger partial charge is 0.246 e. The van der Waals surface area contributed by atoms with Crippen LogP contribution in [-0.4, -0.2) is 15.7 Å². The van der Waals surface area contributed by atoms with E-state index in [1.54, 1.807) is 4.68 Å². The molecule has 0 unspecified atom stereocenters. The zero-order valence-corrected chi connectivity index (χ0v) is 13.2. The molecule has 1 aromatic heterocycles. The Balaban J connectivity index is 2.17. The van der Waals surface area contributed by atoms with Gasteiger partial charge in [0.25, 0.3) is 0 Å². The molecule has 2 rings (SSSR count). The molecule has 0 spiro atoms. The third-order valence-corrected chi connectivity index (χ3v) is 3.67. The molecule has 5 nitrogen and oxygen atoms in total.